The van der Waals surface area contributed by atoms with Gasteiger partial charge in [-0.25, -0.2) is 0 Å². The van der Waals surface area contributed by atoms with Crippen molar-refractivity contribution < 1.29 is 0 Å². The van der Waals surface area contributed by atoms with Crippen molar-refractivity contribution in [2.24, 2.45) is 17.3 Å². The van der Waals surface area contributed by atoms with E-state index in [9.17, 15) is 0 Å². The van der Waals surface area contributed by atoms with Gasteiger partial charge in [-0.3, -0.25) is 4.90 Å². The van der Waals surface area contributed by atoms with Crippen molar-refractivity contribution in [2.45, 2.75) is 71.3 Å². The van der Waals surface area contributed by atoms with Crippen molar-refractivity contribution in [3.8, 4) is 0 Å². The zero-order valence-corrected chi connectivity index (χ0v) is 13.7. The fourth-order valence-corrected chi connectivity index (χ4v) is 4.97. The molecular formula is C18H34N2. The Morgan fingerprint density at radius 3 is 2.55 bits per heavy atom. The summed E-state index contributed by atoms with van der Waals surface area (Å²) < 4.78 is 0. The smallest absolute Gasteiger partial charge is 0.00988 e. The fourth-order valence-electron chi connectivity index (χ4n) is 4.97. The highest BCUT2D eigenvalue weighted by Crippen LogP contribution is 2.42. The lowest BCUT2D eigenvalue weighted by Gasteiger charge is -2.43. The van der Waals surface area contributed by atoms with Gasteiger partial charge in [0.1, 0.15) is 0 Å². The zero-order valence-electron chi connectivity index (χ0n) is 13.7. The van der Waals surface area contributed by atoms with Gasteiger partial charge in [0.05, 0.1) is 0 Å². The van der Waals surface area contributed by atoms with Crippen molar-refractivity contribution in [1.82, 2.24) is 10.2 Å². The molecule has 0 spiro atoms. The molecule has 0 amide bonds. The Balaban J connectivity index is 1.57. The minimum absolute atomic E-state index is 0.595. The summed E-state index contributed by atoms with van der Waals surface area (Å²) >= 11 is 0. The Bertz CT molecular complexity index is 307. The summed E-state index contributed by atoms with van der Waals surface area (Å²) in [5.74, 6) is 1.82. The highest BCUT2D eigenvalue weighted by molar-refractivity contribution is 4.96. The van der Waals surface area contributed by atoms with Crippen LogP contribution in [0, 0.1) is 17.3 Å². The summed E-state index contributed by atoms with van der Waals surface area (Å²) in [7, 11) is 0. The Kier molecular flexibility index (Phi) is 4.72. The molecule has 3 aliphatic rings. The molecule has 3 fully saturated rings. The van der Waals surface area contributed by atoms with Gasteiger partial charge in [0.25, 0.3) is 0 Å². The van der Waals surface area contributed by atoms with Gasteiger partial charge in [-0.1, -0.05) is 33.1 Å². The lowest BCUT2D eigenvalue weighted by atomic mass is 9.73. The van der Waals surface area contributed by atoms with Crippen LogP contribution in [-0.4, -0.2) is 37.1 Å². The molecule has 20 heavy (non-hydrogen) atoms. The van der Waals surface area contributed by atoms with E-state index in [4.69, 9.17) is 0 Å². The first-order valence-electron chi connectivity index (χ1n) is 9.12. The summed E-state index contributed by atoms with van der Waals surface area (Å²) in [4.78, 5) is 2.87. The lowest BCUT2D eigenvalue weighted by molar-refractivity contribution is 0.0821. The van der Waals surface area contributed by atoms with E-state index >= 15 is 0 Å². The van der Waals surface area contributed by atoms with E-state index in [-0.39, 0.29) is 0 Å². The third kappa shape index (κ3) is 3.39. The monoisotopic (exact) mass is 278 g/mol. The number of fused-ring (bicyclic) bond motifs is 2. The van der Waals surface area contributed by atoms with Crippen LogP contribution in [0.4, 0.5) is 0 Å². The van der Waals surface area contributed by atoms with Crippen molar-refractivity contribution in [3.63, 3.8) is 0 Å². The maximum absolute atomic E-state index is 3.79. The van der Waals surface area contributed by atoms with Crippen LogP contribution in [0.1, 0.15) is 65.2 Å². The highest BCUT2D eigenvalue weighted by Gasteiger charge is 2.42. The number of nitrogens with zero attached hydrogens (tertiary/aromatic N) is 1. The predicted octanol–water partition coefficient (Wildman–Crippen LogP) is 3.67. The molecule has 1 heterocycles. The molecule has 1 N–H and O–H groups in total. The third-order valence-electron chi connectivity index (χ3n) is 6.03. The van der Waals surface area contributed by atoms with Gasteiger partial charge in [0, 0.05) is 25.7 Å². The molecule has 2 bridgehead atoms. The molecule has 3 rings (SSSR count). The van der Waals surface area contributed by atoms with Crippen LogP contribution in [0.5, 0.6) is 0 Å². The molecule has 2 nitrogen and oxygen atoms in total. The summed E-state index contributed by atoms with van der Waals surface area (Å²) in [6, 6.07) is 0.948. The average molecular weight is 278 g/mol. The number of hydrogen-bond acceptors (Lipinski definition) is 2. The standard InChI is InChI=1S/C18H34N2/c1-15(2)11-19-13-18(8-4-3-5-9-18)14-20-12-16-6-7-17(20)10-16/h15-17,19H,3-14H2,1-2H3. The van der Waals surface area contributed by atoms with Gasteiger partial charge in [0.15, 0.2) is 0 Å². The van der Waals surface area contributed by atoms with E-state index in [0.29, 0.717) is 5.41 Å². The highest BCUT2D eigenvalue weighted by atomic mass is 15.2. The lowest BCUT2D eigenvalue weighted by Crippen LogP contribution is -2.48. The average Bonchev–Trinajstić information content (AvgIpc) is 3.01. The molecule has 116 valence electrons. The molecule has 1 saturated heterocycles. The summed E-state index contributed by atoms with van der Waals surface area (Å²) in [6.45, 7) is 9.89. The topological polar surface area (TPSA) is 15.3 Å². The zero-order chi connectivity index (χ0) is 14.0. The van der Waals surface area contributed by atoms with Crippen molar-refractivity contribution >= 4 is 0 Å². The van der Waals surface area contributed by atoms with E-state index in [1.54, 1.807) is 0 Å². The van der Waals surface area contributed by atoms with Crippen molar-refractivity contribution in [2.75, 3.05) is 26.2 Å². The van der Waals surface area contributed by atoms with Gasteiger partial charge in [-0.05, 0) is 55.9 Å². The van der Waals surface area contributed by atoms with Gasteiger partial charge in [-0.2, -0.15) is 0 Å². The quantitative estimate of drug-likeness (QED) is 0.797. The van der Waals surface area contributed by atoms with E-state index in [2.05, 4.69) is 24.1 Å². The largest absolute Gasteiger partial charge is 0.316 e. The fraction of sp³-hybridized carbons (Fsp3) is 1.00. The molecule has 2 heteroatoms. The molecule has 2 saturated carbocycles. The second-order valence-electron chi connectivity index (χ2n) is 8.35. The maximum Gasteiger partial charge on any atom is 0.00988 e. The molecule has 0 aromatic rings. The summed E-state index contributed by atoms with van der Waals surface area (Å²) in [6.07, 6.45) is 11.8. The van der Waals surface area contributed by atoms with Crippen LogP contribution in [-0.2, 0) is 0 Å². The molecule has 2 aliphatic carbocycles. The van der Waals surface area contributed by atoms with E-state index in [0.717, 1.165) is 17.9 Å². The van der Waals surface area contributed by atoms with Gasteiger partial charge in [-0.15, -0.1) is 0 Å². The first kappa shape index (κ1) is 14.8. The Labute approximate surface area is 125 Å². The van der Waals surface area contributed by atoms with Gasteiger partial charge in [0.2, 0.25) is 0 Å². The number of nitrogens with one attached hydrogen (secondary N) is 1. The number of rotatable bonds is 6. The van der Waals surface area contributed by atoms with Gasteiger partial charge >= 0.3 is 0 Å². The Hall–Kier alpha value is -0.0800. The molecule has 2 unspecified atom stereocenters. The van der Waals surface area contributed by atoms with Crippen molar-refractivity contribution in [1.29, 1.82) is 0 Å². The Morgan fingerprint density at radius 1 is 1.15 bits per heavy atom. The number of piperidine rings is 1. The first-order valence-corrected chi connectivity index (χ1v) is 9.12. The van der Waals surface area contributed by atoms with Crippen molar-refractivity contribution in [3.05, 3.63) is 0 Å². The molecule has 0 aromatic carbocycles. The van der Waals surface area contributed by atoms with Crippen LogP contribution in [0.15, 0.2) is 0 Å². The van der Waals surface area contributed by atoms with Crippen LogP contribution in [0.3, 0.4) is 0 Å². The van der Waals surface area contributed by atoms with E-state index in [1.807, 2.05) is 0 Å². The SMILES string of the molecule is CC(C)CNCC1(CN2CC3CCC2C3)CCCCC1. The van der Waals surface area contributed by atoms with Crippen LogP contribution in [0.25, 0.3) is 0 Å². The van der Waals surface area contributed by atoms with Crippen LogP contribution in [0.2, 0.25) is 0 Å². The normalized spacial score (nSPS) is 33.1. The predicted molar refractivity (Wildman–Crippen MR) is 85.9 cm³/mol. The maximum atomic E-state index is 3.79. The molecule has 1 aliphatic heterocycles. The number of likely N-dealkylation sites (tertiary alicyclic amines) is 1. The van der Waals surface area contributed by atoms with E-state index < -0.39 is 0 Å². The van der Waals surface area contributed by atoms with Crippen LogP contribution >= 0.6 is 0 Å². The van der Waals surface area contributed by atoms with Crippen LogP contribution < -0.4 is 5.32 Å². The Morgan fingerprint density at radius 2 is 1.95 bits per heavy atom. The molecule has 0 radical (unpaired) electrons. The second-order valence-corrected chi connectivity index (χ2v) is 8.35. The first-order chi connectivity index (χ1) is 9.67. The number of hydrogen-bond donors (Lipinski definition) is 1. The summed E-state index contributed by atoms with van der Waals surface area (Å²) in [5, 5.41) is 3.79. The minimum atomic E-state index is 0.595. The molecular weight excluding hydrogens is 244 g/mol. The van der Waals surface area contributed by atoms with Gasteiger partial charge < -0.3 is 5.32 Å². The summed E-state index contributed by atoms with van der Waals surface area (Å²) in [5.41, 5.74) is 0.595. The third-order valence-corrected chi connectivity index (χ3v) is 6.03. The van der Waals surface area contributed by atoms with E-state index in [1.165, 1.54) is 77.5 Å². The molecule has 0 aromatic heterocycles. The molecule has 2 atom stereocenters. The second kappa shape index (κ2) is 6.36. The minimum Gasteiger partial charge on any atom is -0.316 e.